The molecule has 0 bridgehead atoms. The molecule has 3 fully saturated rings. The lowest BCUT2D eigenvalue weighted by molar-refractivity contribution is -0.126. The van der Waals surface area contributed by atoms with E-state index in [1.54, 1.807) is 0 Å². The lowest BCUT2D eigenvalue weighted by Crippen LogP contribution is -2.54. The summed E-state index contributed by atoms with van der Waals surface area (Å²) in [5.74, 6) is 2.30. The molecule has 1 aliphatic heterocycles. The van der Waals surface area contributed by atoms with E-state index >= 15 is 0 Å². The van der Waals surface area contributed by atoms with E-state index in [1.165, 1.54) is 12.8 Å². The fraction of sp³-hybridized carbons (Fsp3) is 0.824. The van der Waals surface area contributed by atoms with Crippen LogP contribution in [0.1, 0.15) is 63.2 Å². The number of nitrogens with zero attached hydrogens (tertiary/aromatic N) is 4. The zero-order chi connectivity index (χ0) is 16.7. The monoisotopic (exact) mass is 333 g/mol. The molecule has 1 aromatic rings. The molecule has 1 aromatic heterocycles. The smallest absolute Gasteiger partial charge is 0.243 e. The summed E-state index contributed by atoms with van der Waals surface area (Å²) in [6.45, 7) is 7.77. The summed E-state index contributed by atoms with van der Waals surface area (Å²) in [6.07, 6.45) is 4.65. The molecule has 2 atom stereocenters. The van der Waals surface area contributed by atoms with Gasteiger partial charge in [0.1, 0.15) is 0 Å². The summed E-state index contributed by atoms with van der Waals surface area (Å²) < 4.78 is 5.46. The van der Waals surface area contributed by atoms with Crippen molar-refractivity contribution >= 4 is 5.91 Å². The van der Waals surface area contributed by atoms with Gasteiger partial charge in [0.05, 0.1) is 12.1 Å². The first kappa shape index (κ1) is 16.0. The average molecular weight is 333 g/mol. The minimum Gasteiger partial charge on any atom is -0.352 e. The Morgan fingerprint density at radius 3 is 2.42 bits per heavy atom. The van der Waals surface area contributed by atoms with Crippen molar-refractivity contribution in [3.63, 3.8) is 0 Å². The Morgan fingerprint density at radius 2 is 1.79 bits per heavy atom. The first-order valence-electron chi connectivity index (χ1n) is 9.24. The second-order valence-electron chi connectivity index (χ2n) is 7.47. The molecule has 0 aromatic carbocycles. The summed E-state index contributed by atoms with van der Waals surface area (Å²) >= 11 is 0. The predicted octanol–water partition coefficient (Wildman–Crippen LogP) is 1.29. The summed E-state index contributed by atoms with van der Waals surface area (Å²) in [4.78, 5) is 21.4. The number of hydrogen-bond acceptors (Lipinski definition) is 6. The molecular weight excluding hydrogens is 306 g/mol. The van der Waals surface area contributed by atoms with Crippen LogP contribution < -0.4 is 5.32 Å². The Hall–Kier alpha value is -1.47. The fourth-order valence-corrected chi connectivity index (χ4v) is 3.31. The standard InChI is InChI=1S/C17H27N5O2/c1-11(16(23)18-14-5-6-14)21-7-9-22(10-8-21)12(2)17-19-15(20-24-17)13-3-4-13/h11-14H,3-10H2,1-2H3,(H,18,23)/t11-,12+/m1/s1. The third-order valence-corrected chi connectivity index (χ3v) is 5.50. The van der Waals surface area contributed by atoms with Crippen LogP contribution in [0.15, 0.2) is 4.52 Å². The van der Waals surface area contributed by atoms with E-state index in [1.807, 2.05) is 6.92 Å². The first-order valence-corrected chi connectivity index (χ1v) is 9.24. The van der Waals surface area contributed by atoms with Gasteiger partial charge in [-0.25, -0.2) is 0 Å². The topological polar surface area (TPSA) is 74.5 Å². The number of nitrogens with one attached hydrogen (secondary N) is 1. The third kappa shape index (κ3) is 3.47. The highest BCUT2D eigenvalue weighted by atomic mass is 16.5. The van der Waals surface area contributed by atoms with Gasteiger partial charge in [-0.15, -0.1) is 0 Å². The van der Waals surface area contributed by atoms with Crippen molar-refractivity contribution in [1.82, 2.24) is 25.3 Å². The van der Waals surface area contributed by atoms with E-state index in [4.69, 9.17) is 4.52 Å². The van der Waals surface area contributed by atoms with Gasteiger partial charge in [0.2, 0.25) is 11.8 Å². The molecule has 1 saturated heterocycles. The van der Waals surface area contributed by atoms with Crippen LogP contribution >= 0.6 is 0 Å². The molecule has 132 valence electrons. The van der Waals surface area contributed by atoms with E-state index in [2.05, 4.69) is 32.2 Å². The van der Waals surface area contributed by atoms with Crippen molar-refractivity contribution in [2.75, 3.05) is 26.2 Å². The number of aromatic nitrogens is 2. The Labute approximate surface area is 142 Å². The van der Waals surface area contributed by atoms with Gasteiger partial charge in [-0.1, -0.05) is 5.16 Å². The van der Waals surface area contributed by atoms with Crippen molar-refractivity contribution < 1.29 is 9.32 Å². The van der Waals surface area contributed by atoms with E-state index in [9.17, 15) is 4.79 Å². The zero-order valence-corrected chi connectivity index (χ0v) is 14.6. The molecule has 0 spiro atoms. The fourth-order valence-electron chi connectivity index (χ4n) is 3.31. The maximum atomic E-state index is 12.2. The quantitative estimate of drug-likeness (QED) is 0.846. The number of piperazine rings is 1. The van der Waals surface area contributed by atoms with Crippen LogP contribution in [0, 0.1) is 0 Å². The maximum Gasteiger partial charge on any atom is 0.243 e. The number of rotatable bonds is 6. The third-order valence-electron chi connectivity index (χ3n) is 5.50. The van der Waals surface area contributed by atoms with Crippen molar-refractivity contribution in [2.24, 2.45) is 0 Å². The Morgan fingerprint density at radius 1 is 1.12 bits per heavy atom. The van der Waals surface area contributed by atoms with Crippen LogP contribution in [0.3, 0.4) is 0 Å². The number of carbonyl (C=O) groups excluding carboxylic acids is 1. The number of hydrogen-bond donors (Lipinski definition) is 1. The molecule has 7 nitrogen and oxygen atoms in total. The minimum absolute atomic E-state index is 0.0482. The van der Waals surface area contributed by atoms with Gasteiger partial charge >= 0.3 is 0 Å². The van der Waals surface area contributed by atoms with E-state index < -0.39 is 0 Å². The molecule has 24 heavy (non-hydrogen) atoms. The van der Waals surface area contributed by atoms with Crippen molar-refractivity contribution in [3.8, 4) is 0 Å². The van der Waals surface area contributed by atoms with E-state index in [0.29, 0.717) is 12.0 Å². The summed E-state index contributed by atoms with van der Waals surface area (Å²) in [5.41, 5.74) is 0. The van der Waals surface area contributed by atoms with Crippen molar-refractivity contribution in [2.45, 2.75) is 63.6 Å². The van der Waals surface area contributed by atoms with E-state index in [0.717, 1.165) is 50.7 Å². The summed E-state index contributed by atoms with van der Waals surface area (Å²) in [7, 11) is 0. The Bertz CT molecular complexity index is 588. The van der Waals surface area contributed by atoms with Gasteiger partial charge in [-0.3, -0.25) is 14.6 Å². The van der Waals surface area contributed by atoms with Crippen LogP contribution in [0.5, 0.6) is 0 Å². The average Bonchev–Trinajstić information content (AvgIpc) is 3.54. The molecule has 2 saturated carbocycles. The molecule has 2 aliphatic carbocycles. The van der Waals surface area contributed by atoms with Crippen LogP contribution in [0.2, 0.25) is 0 Å². The highest BCUT2D eigenvalue weighted by Gasteiger charge is 2.33. The lowest BCUT2D eigenvalue weighted by Gasteiger charge is -2.39. The predicted molar refractivity (Wildman–Crippen MR) is 88.5 cm³/mol. The van der Waals surface area contributed by atoms with Gasteiger partial charge in [-0.05, 0) is 39.5 Å². The molecule has 2 heterocycles. The normalized spacial score (nSPS) is 25.4. The van der Waals surface area contributed by atoms with Gasteiger partial charge in [0.15, 0.2) is 5.82 Å². The molecule has 1 amide bonds. The summed E-state index contributed by atoms with van der Waals surface area (Å²) in [6, 6.07) is 0.523. The highest BCUT2D eigenvalue weighted by molar-refractivity contribution is 5.81. The van der Waals surface area contributed by atoms with Gasteiger partial charge in [0, 0.05) is 38.1 Å². The second-order valence-corrected chi connectivity index (χ2v) is 7.47. The van der Waals surface area contributed by atoms with Gasteiger partial charge in [0.25, 0.3) is 0 Å². The van der Waals surface area contributed by atoms with Gasteiger partial charge in [-0.2, -0.15) is 4.98 Å². The van der Waals surface area contributed by atoms with E-state index in [-0.39, 0.29) is 18.0 Å². The first-order chi connectivity index (χ1) is 11.6. The van der Waals surface area contributed by atoms with Crippen LogP contribution in [0.25, 0.3) is 0 Å². The Kier molecular flexibility index (Phi) is 4.30. The molecule has 7 heteroatoms. The molecule has 3 aliphatic rings. The molecule has 0 radical (unpaired) electrons. The molecule has 4 rings (SSSR count). The number of amides is 1. The van der Waals surface area contributed by atoms with Crippen LogP contribution in [-0.2, 0) is 4.79 Å². The summed E-state index contributed by atoms with van der Waals surface area (Å²) in [5, 5.41) is 7.22. The van der Waals surface area contributed by atoms with Crippen LogP contribution in [-0.4, -0.2) is 64.1 Å². The molecule has 1 N–H and O–H groups in total. The van der Waals surface area contributed by atoms with Crippen molar-refractivity contribution in [1.29, 1.82) is 0 Å². The second kappa shape index (κ2) is 6.44. The molecule has 0 unspecified atom stereocenters. The zero-order valence-electron chi connectivity index (χ0n) is 14.6. The minimum atomic E-state index is -0.0482. The Balaban J connectivity index is 1.28. The lowest BCUT2D eigenvalue weighted by atomic mass is 10.2. The van der Waals surface area contributed by atoms with Crippen LogP contribution in [0.4, 0.5) is 0 Å². The maximum absolute atomic E-state index is 12.2. The number of carbonyl (C=O) groups is 1. The highest BCUT2D eigenvalue weighted by Crippen LogP contribution is 2.38. The van der Waals surface area contributed by atoms with Gasteiger partial charge < -0.3 is 9.84 Å². The SMILES string of the molecule is C[C@H](C(=O)NC1CC1)N1CCN([C@@H](C)c2nc(C3CC3)no2)CC1. The van der Waals surface area contributed by atoms with Crippen molar-refractivity contribution in [3.05, 3.63) is 11.7 Å². The molecular formula is C17H27N5O2. The largest absolute Gasteiger partial charge is 0.352 e.